The molecule has 4 nitrogen and oxygen atoms in total. The van der Waals surface area contributed by atoms with Crippen LogP contribution in [-0.2, 0) is 4.74 Å². The summed E-state index contributed by atoms with van der Waals surface area (Å²) in [6.07, 6.45) is 0. The molecule has 110 valence electrons. The van der Waals surface area contributed by atoms with Gasteiger partial charge in [0, 0.05) is 4.47 Å². The first-order valence-corrected chi connectivity index (χ1v) is 8.26. The number of rotatable bonds is 5. The molecule has 0 bridgehead atoms. The number of benzene rings is 1. The molecule has 1 heterocycles. The predicted octanol–water partition coefficient (Wildman–Crippen LogP) is 4.32. The number of ketones is 1. The summed E-state index contributed by atoms with van der Waals surface area (Å²) in [5.74, 6) is -0.0506. The molecular weight excluding hydrogens is 424 g/mol. The van der Waals surface area contributed by atoms with E-state index in [1.54, 1.807) is 18.2 Å². The van der Waals surface area contributed by atoms with E-state index < -0.39 is 5.97 Å². The minimum atomic E-state index is -0.430. The zero-order valence-electron chi connectivity index (χ0n) is 10.9. The Bertz CT molecular complexity index is 681. The fourth-order valence-electron chi connectivity index (χ4n) is 1.56. The van der Waals surface area contributed by atoms with Crippen molar-refractivity contribution in [1.82, 2.24) is 0 Å². The van der Waals surface area contributed by atoms with E-state index in [9.17, 15) is 9.59 Å². The molecule has 1 aromatic heterocycles. The Morgan fingerprint density at radius 1 is 1.19 bits per heavy atom. The van der Waals surface area contributed by atoms with Crippen LogP contribution in [0, 0.1) is 0 Å². The number of hydrogen-bond donors (Lipinski definition) is 0. The van der Waals surface area contributed by atoms with Gasteiger partial charge in [0.05, 0.1) is 22.0 Å². The van der Waals surface area contributed by atoms with E-state index >= 15 is 0 Å². The molecule has 0 saturated carbocycles. The minimum Gasteiger partial charge on any atom is -0.484 e. The second-order valence-electron chi connectivity index (χ2n) is 3.95. The Morgan fingerprint density at radius 3 is 2.52 bits per heavy atom. The van der Waals surface area contributed by atoms with Crippen molar-refractivity contribution >= 4 is 54.9 Å². The number of thiophene rings is 1. The summed E-state index contributed by atoms with van der Waals surface area (Å²) in [6.45, 7) is -0.0741. The molecule has 0 atom stereocenters. The molecule has 0 amide bonds. The van der Waals surface area contributed by atoms with Crippen LogP contribution in [0.5, 0.6) is 5.75 Å². The quantitative estimate of drug-likeness (QED) is 0.520. The van der Waals surface area contributed by atoms with Gasteiger partial charge in [-0.3, -0.25) is 4.79 Å². The van der Waals surface area contributed by atoms with Gasteiger partial charge in [0.25, 0.3) is 0 Å². The first kappa shape index (κ1) is 16.2. The summed E-state index contributed by atoms with van der Waals surface area (Å²) in [7, 11) is 1.32. The van der Waals surface area contributed by atoms with Gasteiger partial charge in [0.1, 0.15) is 5.75 Å². The predicted molar refractivity (Wildman–Crippen MR) is 87.3 cm³/mol. The Kier molecular flexibility index (Phi) is 5.55. The van der Waals surface area contributed by atoms with Crippen LogP contribution in [0.15, 0.2) is 38.6 Å². The topological polar surface area (TPSA) is 52.6 Å². The maximum Gasteiger partial charge on any atom is 0.337 e. The average Bonchev–Trinajstić information content (AvgIpc) is 2.91. The third-order valence-corrected chi connectivity index (χ3v) is 5.08. The van der Waals surface area contributed by atoms with Crippen molar-refractivity contribution < 1.29 is 19.1 Å². The number of esters is 1. The van der Waals surface area contributed by atoms with Crippen molar-refractivity contribution in [3.63, 3.8) is 0 Å². The SMILES string of the molecule is COC(=O)c1ccc(OCC(=O)c2sccc2Br)c(Br)c1. The van der Waals surface area contributed by atoms with Gasteiger partial charge in [-0.05, 0) is 61.5 Å². The second kappa shape index (κ2) is 7.20. The van der Waals surface area contributed by atoms with Crippen molar-refractivity contribution in [3.8, 4) is 5.75 Å². The lowest BCUT2D eigenvalue weighted by atomic mass is 10.2. The number of carbonyl (C=O) groups excluding carboxylic acids is 2. The molecule has 7 heteroatoms. The van der Waals surface area contributed by atoms with Crippen LogP contribution >= 0.6 is 43.2 Å². The summed E-state index contributed by atoms with van der Waals surface area (Å²) in [5, 5.41) is 1.83. The van der Waals surface area contributed by atoms with Gasteiger partial charge < -0.3 is 9.47 Å². The number of carbonyl (C=O) groups is 2. The molecule has 0 aliphatic carbocycles. The van der Waals surface area contributed by atoms with Gasteiger partial charge >= 0.3 is 5.97 Å². The van der Waals surface area contributed by atoms with E-state index in [4.69, 9.17) is 4.74 Å². The number of Topliss-reactive ketones (excluding diaryl/α,β-unsaturated/α-hetero) is 1. The first-order chi connectivity index (χ1) is 10.0. The molecule has 2 aromatic rings. The van der Waals surface area contributed by atoms with Crippen LogP contribution in [0.3, 0.4) is 0 Å². The van der Waals surface area contributed by atoms with Crippen LogP contribution in [0.25, 0.3) is 0 Å². The minimum absolute atomic E-state index is 0.0741. The van der Waals surface area contributed by atoms with E-state index in [0.717, 1.165) is 4.47 Å². The zero-order valence-corrected chi connectivity index (χ0v) is 14.9. The Balaban J connectivity index is 2.05. The standard InChI is InChI=1S/C14H10Br2O4S/c1-19-14(18)8-2-3-12(10(16)6-8)20-7-11(17)13-9(15)4-5-21-13/h2-6H,7H2,1H3. The Hall–Kier alpha value is -1.18. The summed E-state index contributed by atoms with van der Waals surface area (Å²) >= 11 is 7.98. The highest BCUT2D eigenvalue weighted by atomic mass is 79.9. The molecule has 0 saturated heterocycles. The fourth-order valence-corrected chi connectivity index (χ4v) is 3.58. The Morgan fingerprint density at radius 2 is 1.95 bits per heavy atom. The highest BCUT2D eigenvalue weighted by Gasteiger charge is 2.14. The maximum atomic E-state index is 12.0. The molecule has 0 aliphatic rings. The van der Waals surface area contributed by atoms with Crippen LogP contribution in [0.4, 0.5) is 0 Å². The molecule has 0 spiro atoms. The average molecular weight is 434 g/mol. The zero-order chi connectivity index (χ0) is 15.4. The lowest BCUT2D eigenvalue weighted by Gasteiger charge is -2.08. The van der Waals surface area contributed by atoms with E-state index in [0.29, 0.717) is 20.7 Å². The summed E-state index contributed by atoms with van der Waals surface area (Å²) in [5.41, 5.74) is 0.407. The van der Waals surface area contributed by atoms with Gasteiger partial charge in [-0.1, -0.05) is 0 Å². The van der Waals surface area contributed by atoms with E-state index in [1.807, 2.05) is 11.4 Å². The summed E-state index contributed by atoms with van der Waals surface area (Å²) in [6, 6.07) is 6.61. The van der Waals surface area contributed by atoms with Gasteiger partial charge in [-0.25, -0.2) is 4.79 Å². The fraction of sp³-hybridized carbons (Fsp3) is 0.143. The van der Waals surface area contributed by atoms with E-state index in [2.05, 4.69) is 36.6 Å². The van der Waals surface area contributed by atoms with Crippen LogP contribution in [-0.4, -0.2) is 25.5 Å². The van der Waals surface area contributed by atoms with Crippen molar-refractivity contribution in [2.24, 2.45) is 0 Å². The van der Waals surface area contributed by atoms with Crippen LogP contribution in [0.2, 0.25) is 0 Å². The highest BCUT2D eigenvalue weighted by Crippen LogP contribution is 2.27. The molecular formula is C14H10Br2O4S. The van der Waals surface area contributed by atoms with Crippen molar-refractivity contribution in [2.75, 3.05) is 13.7 Å². The third kappa shape index (κ3) is 3.93. The molecule has 21 heavy (non-hydrogen) atoms. The highest BCUT2D eigenvalue weighted by molar-refractivity contribution is 9.11. The van der Waals surface area contributed by atoms with Gasteiger partial charge in [-0.2, -0.15) is 0 Å². The molecule has 0 unspecified atom stereocenters. The van der Waals surface area contributed by atoms with Crippen molar-refractivity contribution in [1.29, 1.82) is 0 Å². The molecule has 2 rings (SSSR count). The molecule has 0 aliphatic heterocycles. The lowest BCUT2D eigenvalue weighted by Crippen LogP contribution is -2.11. The van der Waals surface area contributed by atoms with Gasteiger partial charge in [-0.15, -0.1) is 11.3 Å². The number of ether oxygens (including phenoxy) is 2. The lowest BCUT2D eigenvalue weighted by molar-refractivity contribution is 0.0600. The van der Waals surface area contributed by atoms with E-state index in [1.165, 1.54) is 18.4 Å². The summed E-state index contributed by atoms with van der Waals surface area (Å²) < 4.78 is 11.5. The number of methoxy groups -OCH3 is 1. The first-order valence-electron chi connectivity index (χ1n) is 5.79. The van der Waals surface area contributed by atoms with Gasteiger partial charge in [0.15, 0.2) is 6.61 Å². The van der Waals surface area contributed by atoms with Gasteiger partial charge in [0.2, 0.25) is 5.78 Å². The largest absolute Gasteiger partial charge is 0.484 e. The Labute approximate surface area is 142 Å². The number of halogens is 2. The second-order valence-corrected chi connectivity index (χ2v) is 6.57. The third-order valence-electron chi connectivity index (χ3n) is 2.58. The number of hydrogen-bond acceptors (Lipinski definition) is 5. The van der Waals surface area contributed by atoms with Crippen molar-refractivity contribution in [3.05, 3.63) is 49.0 Å². The molecule has 0 N–H and O–H groups in total. The molecule has 0 fully saturated rings. The molecule has 0 radical (unpaired) electrons. The van der Waals surface area contributed by atoms with Crippen molar-refractivity contribution in [2.45, 2.75) is 0 Å². The van der Waals surface area contributed by atoms with E-state index in [-0.39, 0.29) is 12.4 Å². The van der Waals surface area contributed by atoms with Crippen LogP contribution in [0.1, 0.15) is 20.0 Å². The smallest absolute Gasteiger partial charge is 0.337 e. The van der Waals surface area contributed by atoms with Crippen LogP contribution < -0.4 is 4.74 Å². The maximum absolute atomic E-state index is 12.0. The monoisotopic (exact) mass is 432 g/mol. The summed E-state index contributed by atoms with van der Waals surface area (Å²) in [4.78, 5) is 24.0. The normalized spacial score (nSPS) is 10.2. The molecule has 1 aromatic carbocycles.